The van der Waals surface area contributed by atoms with Gasteiger partial charge in [-0.05, 0) is 50.6 Å². The topological polar surface area (TPSA) is 71.4 Å². The number of piperidine rings is 1. The fraction of sp³-hybridized carbons (Fsp3) is 0.800. The lowest BCUT2D eigenvalue weighted by Gasteiger charge is -2.50. The molecule has 9 heteroatoms. The van der Waals surface area contributed by atoms with E-state index in [4.69, 9.17) is 4.74 Å². The Hall–Kier alpha value is -0.860. The molecule has 1 aromatic rings. The van der Waals surface area contributed by atoms with E-state index in [1.54, 1.807) is 6.20 Å². The molecule has 0 unspecified atom stereocenters. The van der Waals surface area contributed by atoms with Gasteiger partial charge in [0.1, 0.15) is 0 Å². The van der Waals surface area contributed by atoms with Crippen LogP contribution in [0.15, 0.2) is 18.5 Å². The van der Waals surface area contributed by atoms with Crippen molar-refractivity contribution in [3.63, 3.8) is 0 Å². The monoisotopic (exact) mass is 447 g/mol. The number of nitrogens with zero attached hydrogens (tertiary/aromatic N) is 3. The molecule has 0 radical (unpaired) electrons. The summed E-state index contributed by atoms with van der Waals surface area (Å²) in [5, 5.41) is 11.0. The van der Waals surface area contributed by atoms with Crippen LogP contribution in [0, 0.1) is 11.3 Å². The van der Waals surface area contributed by atoms with E-state index in [2.05, 4.69) is 20.6 Å². The summed E-state index contributed by atoms with van der Waals surface area (Å²) in [6.45, 7) is 7.23. The number of aryl methyl sites for hydroxylation is 1. The van der Waals surface area contributed by atoms with Crippen molar-refractivity contribution in [3.05, 3.63) is 18.5 Å². The Morgan fingerprint density at radius 2 is 2.10 bits per heavy atom. The van der Waals surface area contributed by atoms with Gasteiger partial charge in [-0.3, -0.25) is 14.4 Å². The van der Waals surface area contributed by atoms with Crippen LogP contribution in [0.5, 0.6) is 0 Å². The lowest BCUT2D eigenvalue weighted by molar-refractivity contribution is -0.140. The van der Waals surface area contributed by atoms with Gasteiger partial charge < -0.3 is 15.4 Å². The predicted octanol–water partition coefficient (Wildman–Crippen LogP) is 1.71. The van der Waals surface area contributed by atoms with Gasteiger partial charge in [0, 0.05) is 51.2 Å². The van der Waals surface area contributed by atoms with E-state index in [1.165, 1.54) is 0 Å². The molecule has 0 spiro atoms. The normalized spacial score (nSPS) is 29.8. The Kier molecular flexibility index (Phi) is 9.69. The first kappa shape index (κ1) is 24.4. The number of ether oxygens (including phenoxy) is 1. The maximum absolute atomic E-state index is 13.2. The molecule has 3 fully saturated rings. The van der Waals surface area contributed by atoms with Crippen molar-refractivity contribution < 1.29 is 9.53 Å². The smallest absolute Gasteiger partial charge is 0.227 e. The van der Waals surface area contributed by atoms with E-state index < -0.39 is 0 Å². The highest BCUT2D eigenvalue weighted by molar-refractivity contribution is 5.85. The molecule has 3 aliphatic rings. The van der Waals surface area contributed by atoms with Crippen LogP contribution in [-0.2, 0) is 16.1 Å². The second kappa shape index (κ2) is 11.5. The van der Waals surface area contributed by atoms with E-state index in [9.17, 15) is 4.79 Å². The SMILES string of the molecule is Cl.Cl.O=C(NCCCn1cccn1)[C@@]12CC[C@@H](N3CCOCC3)C[C@H]1CCNC2. The molecule has 1 aromatic heterocycles. The van der Waals surface area contributed by atoms with Gasteiger partial charge in [0.25, 0.3) is 0 Å². The average molecular weight is 448 g/mol. The summed E-state index contributed by atoms with van der Waals surface area (Å²) in [7, 11) is 0. The fourth-order valence-corrected chi connectivity index (χ4v) is 5.22. The number of carbonyl (C=O) groups excluding carboxylic acids is 1. The van der Waals surface area contributed by atoms with E-state index in [1.807, 2.05) is 16.9 Å². The summed E-state index contributed by atoms with van der Waals surface area (Å²) in [6.07, 6.45) is 9.07. The van der Waals surface area contributed by atoms with Gasteiger partial charge in [-0.2, -0.15) is 5.10 Å². The number of fused-ring (bicyclic) bond motifs is 1. The van der Waals surface area contributed by atoms with Crippen LogP contribution in [0.1, 0.15) is 32.1 Å². The predicted molar refractivity (Wildman–Crippen MR) is 118 cm³/mol. The zero-order valence-electron chi connectivity index (χ0n) is 17.1. The number of carbonyl (C=O) groups is 1. The number of rotatable bonds is 6. The Labute approximate surface area is 186 Å². The van der Waals surface area contributed by atoms with Crippen LogP contribution in [0.4, 0.5) is 0 Å². The third-order valence-corrected chi connectivity index (χ3v) is 6.79. The number of amides is 1. The highest BCUT2D eigenvalue weighted by Crippen LogP contribution is 2.46. The number of morpholine rings is 1. The number of hydrogen-bond acceptors (Lipinski definition) is 5. The maximum atomic E-state index is 13.2. The van der Waals surface area contributed by atoms with Crippen molar-refractivity contribution in [1.29, 1.82) is 0 Å². The molecule has 1 amide bonds. The number of aromatic nitrogens is 2. The number of hydrogen-bond donors (Lipinski definition) is 2. The second-order valence-electron chi connectivity index (χ2n) is 8.27. The van der Waals surface area contributed by atoms with Gasteiger partial charge in [-0.25, -0.2) is 0 Å². The van der Waals surface area contributed by atoms with Crippen LogP contribution in [0.2, 0.25) is 0 Å². The van der Waals surface area contributed by atoms with Crippen LogP contribution < -0.4 is 10.6 Å². The first-order chi connectivity index (χ1) is 13.3. The molecule has 2 N–H and O–H groups in total. The molecule has 7 nitrogen and oxygen atoms in total. The van der Waals surface area contributed by atoms with Gasteiger partial charge in [0.15, 0.2) is 0 Å². The number of nitrogens with one attached hydrogen (secondary N) is 2. The number of halogens is 2. The summed E-state index contributed by atoms with van der Waals surface area (Å²) < 4.78 is 7.43. The van der Waals surface area contributed by atoms with E-state index in [0.717, 1.165) is 84.6 Å². The zero-order valence-corrected chi connectivity index (χ0v) is 18.7. The molecule has 166 valence electrons. The summed E-state index contributed by atoms with van der Waals surface area (Å²) in [5.74, 6) is 0.757. The van der Waals surface area contributed by atoms with Crippen LogP contribution in [0.25, 0.3) is 0 Å². The molecule has 0 bridgehead atoms. The lowest BCUT2D eigenvalue weighted by Crippen LogP contribution is -2.60. The van der Waals surface area contributed by atoms with Gasteiger partial charge in [0.05, 0.1) is 18.6 Å². The highest BCUT2D eigenvalue weighted by Gasteiger charge is 2.50. The third kappa shape index (κ3) is 5.64. The highest BCUT2D eigenvalue weighted by atomic mass is 35.5. The molecule has 3 atom stereocenters. The molecule has 2 saturated heterocycles. The molecule has 0 aromatic carbocycles. The summed E-state index contributed by atoms with van der Waals surface area (Å²) in [4.78, 5) is 15.8. The van der Waals surface area contributed by atoms with E-state index in [-0.39, 0.29) is 36.1 Å². The molecule has 2 aliphatic heterocycles. The molecule has 1 saturated carbocycles. The molecule has 4 rings (SSSR count). The fourth-order valence-electron chi connectivity index (χ4n) is 5.22. The Balaban J connectivity index is 0.00000150. The zero-order chi connectivity index (χ0) is 18.5. The Morgan fingerprint density at radius 1 is 1.28 bits per heavy atom. The molecule has 3 heterocycles. The van der Waals surface area contributed by atoms with E-state index >= 15 is 0 Å². The quantitative estimate of drug-likeness (QED) is 0.649. The summed E-state index contributed by atoms with van der Waals surface area (Å²) in [5.41, 5.74) is -0.216. The first-order valence-corrected chi connectivity index (χ1v) is 10.6. The van der Waals surface area contributed by atoms with Crippen molar-refractivity contribution in [2.75, 3.05) is 45.9 Å². The Bertz CT molecular complexity index is 612. The van der Waals surface area contributed by atoms with Gasteiger partial charge in [-0.15, -0.1) is 24.8 Å². The van der Waals surface area contributed by atoms with Gasteiger partial charge in [0.2, 0.25) is 5.91 Å². The summed E-state index contributed by atoms with van der Waals surface area (Å²) in [6, 6.07) is 2.56. The minimum absolute atomic E-state index is 0. The van der Waals surface area contributed by atoms with Crippen LogP contribution in [-0.4, -0.2) is 72.6 Å². The first-order valence-electron chi connectivity index (χ1n) is 10.6. The van der Waals surface area contributed by atoms with E-state index in [0.29, 0.717) is 12.0 Å². The largest absolute Gasteiger partial charge is 0.379 e. The van der Waals surface area contributed by atoms with Gasteiger partial charge >= 0.3 is 0 Å². The maximum Gasteiger partial charge on any atom is 0.227 e. The van der Waals surface area contributed by atoms with Crippen molar-refractivity contribution in [2.45, 2.75) is 44.7 Å². The van der Waals surface area contributed by atoms with Crippen LogP contribution in [0.3, 0.4) is 0 Å². The van der Waals surface area contributed by atoms with Crippen molar-refractivity contribution >= 4 is 30.7 Å². The average Bonchev–Trinajstić information content (AvgIpc) is 3.25. The van der Waals surface area contributed by atoms with Crippen molar-refractivity contribution in [1.82, 2.24) is 25.3 Å². The molecule has 1 aliphatic carbocycles. The standard InChI is InChI=1S/C20H33N5O2.2ClH/c26-19(22-6-1-9-25-10-2-7-23-25)20-5-3-18(24-11-13-27-14-12-24)15-17(20)4-8-21-16-20;;/h2,7,10,17-18,21H,1,3-6,8-9,11-16H2,(H,22,26);2*1H/t17-,18-,20-;;/m1../s1. The summed E-state index contributed by atoms with van der Waals surface area (Å²) >= 11 is 0. The van der Waals surface area contributed by atoms with Crippen LogP contribution >= 0.6 is 24.8 Å². The minimum Gasteiger partial charge on any atom is -0.379 e. The lowest BCUT2D eigenvalue weighted by atomic mass is 9.61. The van der Waals surface area contributed by atoms with Crippen molar-refractivity contribution in [3.8, 4) is 0 Å². The second-order valence-corrected chi connectivity index (χ2v) is 8.27. The molecule has 29 heavy (non-hydrogen) atoms. The third-order valence-electron chi connectivity index (χ3n) is 6.79. The Morgan fingerprint density at radius 3 is 2.86 bits per heavy atom. The van der Waals surface area contributed by atoms with Gasteiger partial charge in [-0.1, -0.05) is 0 Å². The molecular formula is C20H35Cl2N5O2. The molecular weight excluding hydrogens is 413 g/mol. The van der Waals surface area contributed by atoms with Crippen molar-refractivity contribution in [2.24, 2.45) is 11.3 Å². The minimum atomic E-state index is -0.216.